The van der Waals surface area contributed by atoms with Crippen molar-refractivity contribution in [3.8, 4) is 11.3 Å². The zero-order valence-corrected chi connectivity index (χ0v) is 22.5. The summed E-state index contributed by atoms with van der Waals surface area (Å²) in [5.41, 5.74) is 1.20. The molecule has 0 atom stereocenters. The van der Waals surface area contributed by atoms with E-state index in [1.165, 1.54) is 6.42 Å². The topological polar surface area (TPSA) is 96.5 Å². The molecule has 2 aliphatic carbocycles. The van der Waals surface area contributed by atoms with Crippen LogP contribution < -0.4 is 0 Å². The van der Waals surface area contributed by atoms with Crippen molar-refractivity contribution in [1.82, 2.24) is 10.1 Å². The predicted octanol–water partition coefficient (Wildman–Crippen LogP) is 8.34. The van der Waals surface area contributed by atoms with E-state index < -0.39 is 23.2 Å². The second-order valence-electron chi connectivity index (χ2n) is 9.49. The molecule has 0 unspecified atom stereocenters. The van der Waals surface area contributed by atoms with Gasteiger partial charge in [-0.2, -0.15) is 0 Å². The van der Waals surface area contributed by atoms with Crippen molar-refractivity contribution in [1.29, 1.82) is 0 Å². The van der Waals surface area contributed by atoms with E-state index in [2.05, 4.69) is 10.1 Å². The molecule has 4 aromatic rings. The SMILES string of the molecule is O=C(O)c1c(F)cc2nc(C3CCCCC3)sc2c1F.OCc1c(-c2c(Cl)cccc2Cl)noc1C1CC1. The molecule has 0 saturated heterocycles. The van der Waals surface area contributed by atoms with Gasteiger partial charge in [-0.05, 0) is 37.8 Å². The molecule has 2 aromatic carbocycles. The maximum atomic E-state index is 14.1. The monoisotopic (exact) mass is 580 g/mol. The highest BCUT2D eigenvalue weighted by atomic mass is 35.5. The highest BCUT2D eigenvalue weighted by Gasteiger charge is 2.33. The van der Waals surface area contributed by atoms with Gasteiger partial charge >= 0.3 is 5.97 Å². The third-order valence-corrected chi connectivity index (χ3v) is 8.74. The summed E-state index contributed by atoms with van der Waals surface area (Å²) >= 11 is 13.5. The first-order valence-electron chi connectivity index (χ1n) is 12.4. The Hall–Kier alpha value is -2.59. The Kier molecular flexibility index (Phi) is 8.00. The quantitative estimate of drug-likeness (QED) is 0.246. The number of fused-ring (bicyclic) bond motifs is 1. The van der Waals surface area contributed by atoms with Gasteiger partial charge in [0.15, 0.2) is 5.82 Å². The van der Waals surface area contributed by atoms with Crippen LogP contribution in [0.4, 0.5) is 8.78 Å². The Morgan fingerprint density at radius 1 is 1.08 bits per heavy atom. The second-order valence-corrected chi connectivity index (χ2v) is 11.3. The fourth-order valence-corrected chi connectivity index (χ4v) is 6.53. The summed E-state index contributed by atoms with van der Waals surface area (Å²) in [6.07, 6.45) is 7.63. The number of halogens is 4. The Balaban J connectivity index is 0.000000156. The molecule has 2 fully saturated rings. The number of carboxylic acid groups (broad SMARTS) is 1. The van der Waals surface area contributed by atoms with Crippen molar-refractivity contribution in [3.63, 3.8) is 0 Å². The number of aliphatic hydroxyl groups is 1. The summed E-state index contributed by atoms with van der Waals surface area (Å²) in [5, 5.41) is 24.2. The van der Waals surface area contributed by atoms with Gasteiger partial charge in [-0.3, -0.25) is 0 Å². The van der Waals surface area contributed by atoms with E-state index in [4.69, 9.17) is 32.8 Å². The van der Waals surface area contributed by atoms with Gasteiger partial charge in [-0.15, -0.1) is 11.3 Å². The average molecular weight is 581 g/mol. The molecule has 6 nitrogen and oxygen atoms in total. The highest BCUT2D eigenvalue weighted by molar-refractivity contribution is 7.18. The normalized spacial score (nSPS) is 15.9. The number of aromatic nitrogens is 2. The van der Waals surface area contributed by atoms with E-state index in [-0.39, 0.29) is 22.7 Å². The molecule has 2 aliphatic rings. The standard InChI is InChI=1S/C14H13F2NO2S.C13H11Cl2NO2/c15-8-6-9-12(11(16)10(8)14(18)19)20-13(17-9)7-4-2-1-3-5-7;14-9-2-1-3-10(15)11(9)12-8(6-17)13(18-16-12)7-4-5-7/h6-7H,1-5H2,(H,18,19);1-3,7,17H,4-6H2. The third-order valence-electron chi connectivity index (χ3n) is 6.88. The lowest BCUT2D eigenvalue weighted by Gasteiger charge is -2.18. The largest absolute Gasteiger partial charge is 0.477 e. The molecule has 0 spiro atoms. The summed E-state index contributed by atoms with van der Waals surface area (Å²) in [5.74, 6) is -2.22. The molecule has 200 valence electrons. The maximum Gasteiger partial charge on any atom is 0.341 e. The third kappa shape index (κ3) is 5.30. The molecule has 0 aliphatic heterocycles. The van der Waals surface area contributed by atoms with Crippen LogP contribution in [0.3, 0.4) is 0 Å². The number of thiazole rings is 1. The lowest BCUT2D eigenvalue weighted by molar-refractivity contribution is 0.0687. The zero-order valence-electron chi connectivity index (χ0n) is 20.1. The number of hydrogen-bond acceptors (Lipinski definition) is 6. The van der Waals surface area contributed by atoms with E-state index in [0.29, 0.717) is 32.8 Å². The van der Waals surface area contributed by atoms with Gasteiger partial charge in [0, 0.05) is 29.0 Å². The molecular formula is C27H24Cl2F2N2O4S. The van der Waals surface area contributed by atoms with Crippen LogP contribution in [-0.4, -0.2) is 26.3 Å². The van der Waals surface area contributed by atoms with Crippen LogP contribution >= 0.6 is 34.5 Å². The molecule has 2 heterocycles. The number of carbonyl (C=O) groups is 1. The predicted molar refractivity (Wildman–Crippen MR) is 142 cm³/mol. The van der Waals surface area contributed by atoms with Gasteiger partial charge in [0.05, 0.1) is 31.9 Å². The molecule has 2 aromatic heterocycles. The number of nitrogens with zero attached hydrogens (tertiary/aromatic N) is 2. The molecule has 2 N–H and O–H groups in total. The molecule has 6 rings (SSSR count). The second kappa shape index (κ2) is 11.3. The number of aromatic carboxylic acids is 1. The Morgan fingerprint density at radius 2 is 1.76 bits per heavy atom. The van der Waals surface area contributed by atoms with Crippen LogP contribution in [-0.2, 0) is 6.61 Å². The van der Waals surface area contributed by atoms with Gasteiger partial charge < -0.3 is 14.7 Å². The van der Waals surface area contributed by atoms with Crippen LogP contribution in [0.25, 0.3) is 21.5 Å². The summed E-state index contributed by atoms with van der Waals surface area (Å²) in [6, 6.07) is 6.28. The minimum absolute atomic E-state index is 0.119. The van der Waals surface area contributed by atoms with Crippen molar-refractivity contribution in [3.05, 3.63) is 67.8 Å². The lowest BCUT2D eigenvalue weighted by atomic mass is 9.90. The van der Waals surface area contributed by atoms with Crippen LogP contribution in [0.1, 0.15) is 83.5 Å². The van der Waals surface area contributed by atoms with Gasteiger partial charge in [0.1, 0.15) is 22.8 Å². The van der Waals surface area contributed by atoms with Crippen molar-refractivity contribution in [2.75, 3.05) is 0 Å². The highest BCUT2D eigenvalue weighted by Crippen LogP contribution is 2.45. The summed E-state index contributed by atoms with van der Waals surface area (Å²) in [6.45, 7) is -0.119. The first-order chi connectivity index (χ1) is 18.3. The van der Waals surface area contributed by atoms with Gasteiger partial charge in [-0.1, -0.05) is 53.7 Å². The molecule has 0 amide bonds. The van der Waals surface area contributed by atoms with Crippen LogP contribution in [0.5, 0.6) is 0 Å². The van der Waals surface area contributed by atoms with Crippen molar-refractivity contribution in [2.24, 2.45) is 0 Å². The van der Waals surface area contributed by atoms with Gasteiger partial charge in [0.2, 0.25) is 0 Å². The Bertz CT molecular complexity index is 1480. The van der Waals surface area contributed by atoms with E-state index >= 15 is 0 Å². The summed E-state index contributed by atoms with van der Waals surface area (Å²) < 4.78 is 33.2. The van der Waals surface area contributed by atoms with E-state index in [1.807, 2.05) is 0 Å². The van der Waals surface area contributed by atoms with E-state index in [0.717, 1.165) is 66.7 Å². The number of rotatable bonds is 5. The first-order valence-corrected chi connectivity index (χ1v) is 13.9. The molecule has 11 heteroatoms. The molecular weight excluding hydrogens is 557 g/mol. The lowest BCUT2D eigenvalue weighted by Crippen LogP contribution is -2.04. The number of aliphatic hydroxyl groups excluding tert-OH is 1. The average Bonchev–Trinajstić information content (AvgIpc) is 3.50. The number of benzene rings is 2. The molecule has 0 bridgehead atoms. The van der Waals surface area contributed by atoms with Crippen molar-refractivity contribution < 1.29 is 28.3 Å². The minimum Gasteiger partial charge on any atom is -0.477 e. The number of hydrogen-bond donors (Lipinski definition) is 2. The van der Waals surface area contributed by atoms with E-state index in [9.17, 15) is 18.7 Å². The zero-order chi connectivity index (χ0) is 27.0. The van der Waals surface area contributed by atoms with Crippen LogP contribution in [0.15, 0.2) is 28.8 Å². The number of carboxylic acids is 1. The van der Waals surface area contributed by atoms with Gasteiger partial charge in [0.25, 0.3) is 0 Å². The first kappa shape index (κ1) is 27.0. The summed E-state index contributed by atoms with van der Waals surface area (Å²) in [4.78, 5) is 15.2. The fraction of sp³-hybridized carbons (Fsp3) is 0.370. The van der Waals surface area contributed by atoms with Crippen molar-refractivity contribution >= 4 is 50.7 Å². The molecule has 2 saturated carbocycles. The van der Waals surface area contributed by atoms with Crippen molar-refractivity contribution in [2.45, 2.75) is 63.4 Å². The molecule has 0 radical (unpaired) electrons. The Morgan fingerprint density at radius 3 is 2.37 bits per heavy atom. The molecule has 38 heavy (non-hydrogen) atoms. The van der Waals surface area contributed by atoms with E-state index in [1.54, 1.807) is 18.2 Å². The van der Waals surface area contributed by atoms with Crippen LogP contribution in [0, 0.1) is 11.6 Å². The minimum atomic E-state index is -1.59. The summed E-state index contributed by atoms with van der Waals surface area (Å²) in [7, 11) is 0. The smallest absolute Gasteiger partial charge is 0.341 e. The fourth-order valence-electron chi connectivity index (χ4n) is 4.80. The maximum absolute atomic E-state index is 14.1. The Labute approximate surface area is 231 Å². The van der Waals surface area contributed by atoms with Gasteiger partial charge in [-0.25, -0.2) is 18.6 Å². The van der Waals surface area contributed by atoms with Crippen LogP contribution in [0.2, 0.25) is 10.0 Å².